The van der Waals surface area contributed by atoms with Gasteiger partial charge >= 0.3 is 0 Å². The zero-order valence-corrected chi connectivity index (χ0v) is 15.1. The van der Waals surface area contributed by atoms with Crippen LogP contribution in [0.1, 0.15) is 18.4 Å². The lowest BCUT2D eigenvalue weighted by atomic mass is 10.1. The van der Waals surface area contributed by atoms with Gasteiger partial charge in [-0.05, 0) is 37.1 Å². The maximum Gasteiger partial charge on any atom is 0.250 e. The number of amides is 1. The molecule has 0 saturated carbocycles. The van der Waals surface area contributed by atoms with Crippen LogP contribution in [0.3, 0.4) is 0 Å². The smallest absolute Gasteiger partial charge is 0.250 e. The normalized spacial score (nSPS) is 10.7. The molecule has 1 aromatic carbocycles. The number of benzene rings is 1. The first kappa shape index (κ1) is 19.3. The molecule has 0 aliphatic rings. The fraction of sp³-hybridized carbons (Fsp3) is 0.300. The highest BCUT2D eigenvalue weighted by Crippen LogP contribution is 2.25. The van der Waals surface area contributed by atoms with E-state index < -0.39 is 0 Å². The number of aromatic nitrogens is 1. The fourth-order valence-electron chi connectivity index (χ4n) is 2.44. The van der Waals surface area contributed by atoms with Crippen LogP contribution in [0.25, 0.3) is 6.08 Å². The Bertz CT molecular complexity index is 811. The molecule has 0 unspecified atom stereocenters. The summed E-state index contributed by atoms with van der Waals surface area (Å²) in [7, 11) is 3.16. The van der Waals surface area contributed by atoms with Crippen molar-refractivity contribution in [3.05, 3.63) is 64.6 Å². The van der Waals surface area contributed by atoms with E-state index >= 15 is 0 Å². The average molecular weight is 356 g/mol. The highest BCUT2D eigenvalue weighted by molar-refractivity contribution is 5.92. The number of hydrogen-bond acceptors (Lipinski definition) is 4. The van der Waals surface area contributed by atoms with Crippen molar-refractivity contribution in [2.24, 2.45) is 0 Å². The topological polar surface area (TPSA) is 69.6 Å². The second-order valence-corrected chi connectivity index (χ2v) is 5.67. The molecule has 0 saturated heterocycles. The Balaban J connectivity index is 1.76. The number of hydrogen-bond donors (Lipinski definition) is 1. The molecule has 0 fully saturated rings. The molecule has 6 heteroatoms. The monoisotopic (exact) mass is 356 g/mol. The van der Waals surface area contributed by atoms with E-state index in [2.05, 4.69) is 5.32 Å². The Morgan fingerprint density at radius 2 is 2.00 bits per heavy atom. The number of rotatable bonds is 9. The number of aryl methyl sites for hydroxylation is 1. The summed E-state index contributed by atoms with van der Waals surface area (Å²) in [4.78, 5) is 23.5. The van der Waals surface area contributed by atoms with E-state index in [1.807, 2.05) is 18.2 Å². The van der Waals surface area contributed by atoms with Gasteiger partial charge in [-0.1, -0.05) is 6.07 Å². The van der Waals surface area contributed by atoms with Crippen LogP contribution in [-0.2, 0) is 11.3 Å². The van der Waals surface area contributed by atoms with Gasteiger partial charge in [0.2, 0.25) is 11.5 Å². The summed E-state index contributed by atoms with van der Waals surface area (Å²) < 4.78 is 12.1. The summed E-state index contributed by atoms with van der Waals surface area (Å²) >= 11 is 0. The average Bonchev–Trinajstić information content (AvgIpc) is 2.67. The van der Waals surface area contributed by atoms with E-state index in [1.165, 1.54) is 6.08 Å². The van der Waals surface area contributed by atoms with E-state index in [1.54, 1.807) is 49.3 Å². The standard InChI is InChI=1S/C20H24N2O4/c1-25-17-10-8-16(18(15-17)26-2)9-11-19(23)21-12-4-6-14-22-13-5-3-7-20(22)24/h3,5,7-11,13,15H,4,6,12,14H2,1-2H3,(H,21,23). The summed E-state index contributed by atoms with van der Waals surface area (Å²) in [5, 5.41) is 2.84. The van der Waals surface area contributed by atoms with Gasteiger partial charge < -0.3 is 19.4 Å². The van der Waals surface area contributed by atoms with E-state index in [9.17, 15) is 9.59 Å². The van der Waals surface area contributed by atoms with Crippen LogP contribution in [0.5, 0.6) is 11.5 Å². The minimum atomic E-state index is -0.167. The lowest BCUT2D eigenvalue weighted by molar-refractivity contribution is -0.116. The molecule has 0 atom stereocenters. The zero-order valence-electron chi connectivity index (χ0n) is 15.1. The molecule has 138 valence electrons. The van der Waals surface area contributed by atoms with Crippen molar-refractivity contribution < 1.29 is 14.3 Å². The summed E-state index contributed by atoms with van der Waals surface area (Å²) in [5.74, 6) is 1.17. The number of carbonyl (C=O) groups excluding carboxylic acids is 1. The van der Waals surface area contributed by atoms with Crippen LogP contribution in [0.2, 0.25) is 0 Å². The molecule has 0 aliphatic heterocycles. The number of ether oxygens (including phenoxy) is 2. The molecule has 1 aromatic heterocycles. The summed E-state index contributed by atoms with van der Waals surface area (Å²) in [6.45, 7) is 1.21. The molecule has 0 spiro atoms. The Hall–Kier alpha value is -3.02. The molecule has 0 aliphatic carbocycles. The van der Waals surface area contributed by atoms with Gasteiger partial charge in [0.05, 0.1) is 14.2 Å². The lowest BCUT2D eigenvalue weighted by Gasteiger charge is -2.07. The van der Waals surface area contributed by atoms with Gasteiger partial charge in [-0.2, -0.15) is 0 Å². The number of nitrogens with zero attached hydrogens (tertiary/aromatic N) is 1. The predicted octanol–water partition coefficient (Wildman–Crippen LogP) is 2.48. The van der Waals surface area contributed by atoms with Crippen LogP contribution >= 0.6 is 0 Å². The highest BCUT2D eigenvalue weighted by atomic mass is 16.5. The number of pyridine rings is 1. The van der Waals surface area contributed by atoms with Crippen molar-refractivity contribution in [1.29, 1.82) is 0 Å². The van der Waals surface area contributed by atoms with Crippen molar-refractivity contribution in [2.45, 2.75) is 19.4 Å². The van der Waals surface area contributed by atoms with Gasteiger partial charge in [0, 0.05) is 43.1 Å². The van der Waals surface area contributed by atoms with E-state index in [0.29, 0.717) is 24.6 Å². The third kappa shape index (κ3) is 5.81. The third-order valence-electron chi connectivity index (χ3n) is 3.88. The number of methoxy groups -OCH3 is 2. The van der Waals surface area contributed by atoms with E-state index in [-0.39, 0.29) is 11.5 Å². The van der Waals surface area contributed by atoms with Gasteiger partial charge in [-0.15, -0.1) is 0 Å². The molecule has 1 N–H and O–H groups in total. The molecule has 2 rings (SSSR count). The Morgan fingerprint density at radius 3 is 2.73 bits per heavy atom. The number of nitrogens with one attached hydrogen (secondary N) is 1. The molecule has 2 aromatic rings. The highest BCUT2D eigenvalue weighted by Gasteiger charge is 2.03. The molecule has 6 nitrogen and oxygen atoms in total. The Kier molecular flexibility index (Phi) is 7.49. The van der Waals surface area contributed by atoms with Crippen molar-refractivity contribution in [3.8, 4) is 11.5 Å². The predicted molar refractivity (Wildman–Crippen MR) is 102 cm³/mol. The first-order valence-electron chi connectivity index (χ1n) is 8.47. The fourth-order valence-corrected chi connectivity index (χ4v) is 2.44. The van der Waals surface area contributed by atoms with Crippen molar-refractivity contribution in [2.75, 3.05) is 20.8 Å². The number of carbonyl (C=O) groups is 1. The molecular formula is C20H24N2O4. The largest absolute Gasteiger partial charge is 0.497 e. The second kappa shape index (κ2) is 10.1. The SMILES string of the molecule is COc1ccc(C=CC(=O)NCCCCn2ccccc2=O)c(OC)c1. The maximum absolute atomic E-state index is 11.9. The van der Waals surface area contributed by atoms with Crippen LogP contribution in [0.4, 0.5) is 0 Å². The second-order valence-electron chi connectivity index (χ2n) is 5.67. The lowest BCUT2D eigenvalue weighted by Crippen LogP contribution is -2.23. The van der Waals surface area contributed by atoms with Gasteiger partial charge in [0.25, 0.3) is 0 Å². The molecule has 0 bridgehead atoms. The van der Waals surface area contributed by atoms with Crippen LogP contribution in [0.15, 0.2) is 53.5 Å². The van der Waals surface area contributed by atoms with Crippen LogP contribution in [-0.4, -0.2) is 31.2 Å². The minimum Gasteiger partial charge on any atom is -0.497 e. The summed E-state index contributed by atoms with van der Waals surface area (Å²) in [6.07, 6.45) is 6.57. The van der Waals surface area contributed by atoms with Crippen molar-refractivity contribution in [1.82, 2.24) is 9.88 Å². The zero-order chi connectivity index (χ0) is 18.8. The Labute approximate surface area is 153 Å². The molecule has 26 heavy (non-hydrogen) atoms. The first-order valence-corrected chi connectivity index (χ1v) is 8.47. The number of unbranched alkanes of at least 4 members (excludes halogenated alkanes) is 1. The van der Waals surface area contributed by atoms with Crippen LogP contribution in [0, 0.1) is 0 Å². The quantitative estimate of drug-likeness (QED) is 0.554. The van der Waals surface area contributed by atoms with Gasteiger partial charge in [0.1, 0.15) is 11.5 Å². The van der Waals surface area contributed by atoms with Crippen LogP contribution < -0.4 is 20.3 Å². The summed E-state index contributed by atoms with van der Waals surface area (Å²) in [5.41, 5.74) is 0.791. The van der Waals surface area contributed by atoms with Gasteiger partial charge in [0.15, 0.2) is 0 Å². The van der Waals surface area contributed by atoms with Crippen molar-refractivity contribution >= 4 is 12.0 Å². The molecule has 1 heterocycles. The minimum absolute atomic E-state index is 0.00657. The third-order valence-corrected chi connectivity index (χ3v) is 3.88. The first-order chi connectivity index (χ1) is 12.6. The molecule has 1 amide bonds. The van der Waals surface area contributed by atoms with Crippen molar-refractivity contribution in [3.63, 3.8) is 0 Å². The van der Waals surface area contributed by atoms with E-state index in [0.717, 1.165) is 18.4 Å². The Morgan fingerprint density at radius 1 is 1.15 bits per heavy atom. The van der Waals surface area contributed by atoms with Gasteiger partial charge in [-0.25, -0.2) is 0 Å². The van der Waals surface area contributed by atoms with E-state index in [4.69, 9.17) is 9.47 Å². The maximum atomic E-state index is 11.9. The molecular weight excluding hydrogens is 332 g/mol. The summed E-state index contributed by atoms with van der Waals surface area (Å²) in [6, 6.07) is 10.5. The molecule has 0 radical (unpaired) electrons. The van der Waals surface area contributed by atoms with Gasteiger partial charge in [-0.3, -0.25) is 9.59 Å².